The zero-order valence-corrected chi connectivity index (χ0v) is 33.8. The minimum absolute atomic E-state index is 0.0978. The first kappa shape index (κ1) is 37.6. The monoisotopic (exact) mass is 796 g/mol. The Bertz CT molecular complexity index is 2890. The summed E-state index contributed by atoms with van der Waals surface area (Å²) in [6.45, 7) is 9.43. The van der Waals surface area contributed by atoms with Crippen LogP contribution in [0.25, 0.3) is 21.5 Å². The molecular weight excluding hydrogens is 749 g/mol. The average Bonchev–Trinajstić information content (AvgIpc) is 3.75. The van der Waals surface area contributed by atoms with Crippen molar-refractivity contribution in [1.29, 1.82) is 0 Å². The van der Waals surface area contributed by atoms with Gasteiger partial charge in [-0.1, -0.05) is 97.0 Å². The van der Waals surface area contributed by atoms with Crippen LogP contribution in [-0.2, 0) is 13.0 Å². The highest BCUT2D eigenvalue weighted by atomic mass is 16.1. The number of nitrogens with zero attached hydrogens (tertiary/aromatic N) is 4. The zero-order chi connectivity index (χ0) is 40.7. The molecule has 60 heavy (non-hydrogen) atoms. The maximum atomic E-state index is 13.0. The van der Waals surface area contributed by atoms with Crippen LogP contribution in [0.2, 0.25) is 0 Å². The zero-order valence-electron chi connectivity index (χ0n) is 33.8. The number of benzene rings is 4. The minimum atomic E-state index is -0.275. The highest BCUT2D eigenvalue weighted by Gasteiger charge is 2.37. The van der Waals surface area contributed by atoms with Crippen molar-refractivity contribution in [1.82, 2.24) is 40.6 Å². The molecule has 1 saturated heterocycles. The van der Waals surface area contributed by atoms with Gasteiger partial charge < -0.3 is 20.9 Å². The van der Waals surface area contributed by atoms with Crippen LogP contribution in [0.3, 0.4) is 0 Å². The third-order valence-electron chi connectivity index (χ3n) is 12.6. The topological polar surface area (TPSA) is 160 Å². The first-order valence-corrected chi connectivity index (χ1v) is 21.0. The normalized spacial score (nSPS) is 20.6. The van der Waals surface area contributed by atoms with Crippen LogP contribution in [0.1, 0.15) is 83.8 Å². The van der Waals surface area contributed by atoms with Crippen molar-refractivity contribution < 1.29 is 0 Å². The van der Waals surface area contributed by atoms with Gasteiger partial charge in [-0.2, -0.15) is 10.2 Å². The maximum absolute atomic E-state index is 13.0. The van der Waals surface area contributed by atoms with Gasteiger partial charge >= 0.3 is 0 Å². The molecule has 12 heteroatoms. The summed E-state index contributed by atoms with van der Waals surface area (Å²) in [5.41, 5.74) is 9.98. The molecule has 0 spiro atoms. The summed E-state index contributed by atoms with van der Waals surface area (Å²) in [7, 11) is 0. The van der Waals surface area contributed by atoms with Crippen LogP contribution in [0.4, 0.5) is 11.4 Å². The fourth-order valence-electron chi connectivity index (χ4n) is 9.46. The van der Waals surface area contributed by atoms with E-state index in [9.17, 15) is 9.59 Å². The molecule has 0 radical (unpaired) electrons. The number of hydrogen-bond acceptors (Lipinski definition) is 9. The van der Waals surface area contributed by atoms with Crippen LogP contribution < -0.4 is 27.1 Å². The average molecular weight is 797 g/mol. The number of imidazole rings is 1. The van der Waals surface area contributed by atoms with Crippen molar-refractivity contribution in [2.45, 2.75) is 57.2 Å². The summed E-state index contributed by atoms with van der Waals surface area (Å²) in [6.07, 6.45) is 7.89. The van der Waals surface area contributed by atoms with E-state index < -0.39 is 0 Å². The van der Waals surface area contributed by atoms with Crippen LogP contribution in [-0.4, -0.2) is 61.4 Å². The van der Waals surface area contributed by atoms with Gasteiger partial charge in [0.2, 0.25) is 0 Å². The van der Waals surface area contributed by atoms with E-state index in [4.69, 9.17) is 10.1 Å². The fourth-order valence-corrected chi connectivity index (χ4v) is 9.46. The molecule has 3 aromatic heterocycles. The lowest BCUT2D eigenvalue weighted by molar-refractivity contribution is 0.233. The summed E-state index contributed by atoms with van der Waals surface area (Å²) < 4.78 is 0. The van der Waals surface area contributed by atoms with Crippen molar-refractivity contribution in [3.63, 3.8) is 0 Å². The molecule has 12 nitrogen and oxygen atoms in total. The molecule has 4 aromatic carbocycles. The van der Waals surface area contributed by atoms with E-state index in [1.54, 1.807) is 0 Å². The number of anilines is 2. The lowest BCUT2D eigenvalue weighted by Gasteiger charge is -2.35. The number of H-pyrrole nitrogens is 3. The maximum Gasteiger partial charge on any atom is 0.272 e. The van der Waals surface area contributed by atoms with Crippen LogP contribution >= 0.6 is 0 Å². The minimum Gasteiger partial charge on any atom is -0.377 e. The molecule has 4 unspecified atom stereocenters. The third kappa shape index (κ3) is 6.91. The van der Waals surface area contributed by atoms with Gasteiger partial charge in [0.15, 0.2) is 0 Å². The van der Waals surface area contributed by atoms with Crippen molar-refractivity contribution in [3.8, 4) is 0 Å². The Kier molecular flexibility index (Phi) is 9.94. The number of piperazine rings is 1. The van der Waals surface area contributed by atoms with E-state index in [0.717, 1.165) is 95.3 Å². The molecule has 0 bridgehead atoms. The summed E-state index contributed by atoms with van der Waals surface area (Å²) in [6, 6.07) is 30.6. The molecule has 10 rings (SSSR count). The van der Waals surface area contributed by atoms with Gasteiger partial charge in [0.05, 0.1) is 40.2 Å². The Morgan fingerprint density at radius 2 is 1.40 bits per heavy atom. The van der Waals surface area contributed by atoms with Crippen molar-refractivity contribution >= 4 is 32.9 Å². The van der Waals surface area contributed by atoms with Crippen LogP contribution in [0, 0.1) is 0 Å². The SMILES string of the molecule is CC/C(=C\C=C(/C)C1c2n[nH]c(=O)c3cccc(c23)NC1c1ccc(CN2CCNCC2)cc1)Cc1cnc(C2c3n[nH]c(=O)c4cccc(c34)NC2c2ccccc2)[nH]1. The van der Waals surface area contributed by atoms with Gasteiger partial charge in [-0.25, -0.2) is 15.2 Å². The lowest BCUT2D eigenvalue weighted by Crippen LogP contribution is -2.42. The smallest absolute Gasteiger partial charge is 0.272 e. The fraction of sp³-hybridized carbons (Fsp3) is 0.271. The number of rotatable bonds is 10. The molecule has 3 aliphatic rings. The van der Waals surface area contributed by atoms with E-state index >= 15 is 0 Å². The molecular formula is C48H48N10O2. The van der Waals surface area contributed by atoms with Crippen LogP contribution in [0.15, 0.2) is 130 Å². The predicted molar refractivity (Wildman–Crippen MR) is 237 cm³/mol. The summed E-state index contributed by atoms with van der Waals surface area (Å²) in [5, 5.41) is 28.9. The summed E-state index contributed by atoms with van der Waals surface area (Å²) >= 11 is 0. The van der Waals surface area contributed by atoms with Gasteiger partial charge in [-0.05, 0) is 54.3 Å². The van der Waals surface area contributed by atoms with E-state index in [0.29, 0.717) is 17.2 Å². The largest absolute Gasteiger partial charge is 0.377 e. The number of hydrogen-bond donors (Lipinski definition) is 6. The Hall–Kier alpha value is -6.63. The second-order valence-electron chi connectivity index (χ2n) is 16.3. The van der Waals surface area contributed by atoms with Crippen LogP contribution in [0.5, 0.6) is 0 Å². The highest BCUT2D eigenvalue weighted by Crippen LogP contribution is 2.47. The molecule has 6 N–H and O–H groups in total. The number of allylic oxidation sites excluding steroid dienone is 3. The van der Waals surface area contributed by atoms with Crippen molar-refractivity contribution in [2.75, 3.05) is 36.8 Å². The molecule has 0 amide bonds. The Balaban J connectivity index is 0.967. The lowest BCUT2D eigenvalue weighted by atomic mass is 9.80. The molecule has 0 saturated carbocycles. The second-order valence-corrected chi connectivity index (χ2v) is 16.3. The quantitative estimate of drug-likeness (QED) is 0.0778. The van der Waals surface area contributed by atoms with Crippen molar-refractivity contribution in [2.24, 2.45) is 0 Å². The third-order valence-corrected chi connectivity index (χ3v) is 12.6. The summed E-state index contributed by atoms with van der Waals surface area (Å²) in [5.74, 6) is 0.374. The molecule has 7 aromatic rings. The van der Waals surface area contributed by atoms with E-state index in [1.165, 1.54) is 16.7 Å². The second kappa shape index (κ2) is 15.9. The van der Waals surface area contributed by atoms with E-state index in [-0.39, 0.29) is 35.0 Å². The number of nitrogens with one attached hydrogen (secondary N) is 6. The predicted octanol–water partition coefficient (Wildman–Crippen LogP) is 7.36. The number of aromatic nitrogens is 6. The Morgan fingerprint density at radius 3 is 2.10 bits per heavy atom. The first-order chi connectivity index (χ1) is 29.4. The molecule has 4 atom stereocenters. The number of aromatic amines is 3. The Labute approximate surface area is 347 Å². The molecule has 302 valence electrons. The molecule has 0 aliphatic carbocycles. The Morgan fingerprint density at radius 1 is 0.750 bits per heavy atom. The van der Waals surface area contributed by atoms with Gasteiger partial charge in [0.25, 0.3) is 11.1 Å². The summed E-state index contributed by atoms with van der Waals surface area (Å²) in [4.78, 5) is 37.0. The van der Waals surface area contributed by atoms with E-state index in [2.05, 4.69) is 104 Å². The first-order valence-electron chi connectivity index (χ1n) is 21.0. The van der Waals surface area contributed by atoms with E-state index in [1.807, 2.05) is 60.8 Å². The van der Waals surface area contributed by atoms with Crippen molar-refractivity contribution in [3.05, 3.63) is 181 Å². The molecule has 6 heterocycles. The van der Waals surface area contributed by atoms with Gasteiger partial charge in [-0.3, -0.25) is 14.5 Å². The molecule has 3 aliphatic heterocycles. The van der Waals surface area contributed by atoms with Gasteiger partial charge in [-0.15, -0.1) is 0 Å². The highest BCUT2D eigenvalue weighted by molar-refractivity contribution is 5.98. The molecule has 1 fully saturated rings. The van der Waals surface area contributed by atoms with Gasteiger partial charge in [0, 0.05) is 79.1 Å². The standard InChI is InChI=1S/C48H48N10O2/c1-3-29(25-33-26-50-46(51-33)41-43(31-9-5-4-6-10-31)53-37-14-8-12-35-40(37)45(41)55-57-48(35)60)16-15-28(2)38-42(32-19-17-30(18-20-32)27-58-23-21-49-22-24-58)52-36-13-7-11-34-39(36)44(38)54-56-47(34)59/h4-20,26,38,41-43,49,52-53H,3,21-25,27H2,1-2H3,(H,50,51)(H,56,59)(H,57,60)/b28-15+,29-16+. The van der Waals surface area contributed by atoms with Gasteiger partial charge in [0.1, 0.15) is 5.82 Å².